The van der Waals surface area contributed by atoms with E-state index in [2.05, 4.69) is 13.8 Å². The summed E-state index contributed by atoms with van der Waals surface area (Å²) in [6.45, 7) is 6.43. The van der Waals surface area contributed by atoms with Crippen molar-refractivity contribution >= 4 is 0 Å². The first kappa shape index (κ1) is 24.5. The molecule has 4 aliphatic rings. The third kappa shape index (κ3) is 4.90. The van der Waals surface area contributed by atoms with Gasteiger partial charge >= 0.3 is 0 Å². The molecule has 2 nitrogen and oxygen atoms in total. The number of benzene rings is 1. The summed E-state index contributed by atoms with van der Waals surface area (Å²) in [6, 6.07) is 0. The highest BCUT2D eigenvalue weighted by Crippen LogP contribution is 2.67. The molecule has 0 saturated heterocycles. The number of fused-ring (bicyclic) bond motifs is 10. The van der Waals surface area contributed by atoms with Crippen molar-refractivity contribution in [2.45, 2.75) is 153 Å². The monoisotopic (exact) mass is 470 g/mol. The van der Waals surface area contributed by atoms with Crippen LogP contribution in [-0.2, 0) is 0 Å². The van der Waals surface area contributed by atoms with Gasteiger partial charge in [0.15, 0.2) is 0 Å². The Bertz CT molecular complexity index is 700. The molecule has 2 saturated carbocycles. The van der Waals surface area contributed by atoms with Gasteiger partial charge in [-0.15, -0.1) is 0 Å². The minimum Gasteiger partial charge on any atom is -0.493 e. The largest absolute Gasteiger partial charge is 0.493 e. The van der Waals surface area contributed by atoms with Gasteiger partial charge in [0.05, 0.1) is 13.2 Å². The quantitative estimate of drug-likeness (QED) is 0.177. The second-order valence-electron chi connectivity index (χ2n) is 12.0. The molecule has 34 heavy (non-hydrogen) atoms. The zero-order valence-corrected chi connectivity index (χ0v) is 22.3. The smallest absolute Gasteiger partial charge is 0.127 e. The van der Waals surface area contributed by atoms with Crippen molar-refractivity contribution in [2.75, 3.05) is 13.2 Å². The number of ether oxygens (including phenoxy) is 2. The Labute approximate surface area is 209 Å². The summed E-state index contributed by atoms with van der Waals surface area (Å²) >= 11 is 0. The molecule has 2 heteroatoms. The van der Waals surface area contributed by atoms with E-state index in [-0.39, 0.29) is 0 Å². The zero-order chi connectivity index (χ0) is 23.3. The Morgan fingerprint density at radius 2 is 0.794 bits per heavy atom. The highest BCUT2D eigenvalue weighted by atomic mass is 18.3. The first-order chi connectivity index (χ1) is 16.8. The van der Waals surface area contributed by atoms with Crippen LogP contribution in [0.2, 0.25) is 0 Å². The molecule has 0 radical (unpaired) electrons. The average Bonchev–Trinajstić information content (AvgIpc) is 3.65. The molecule has 1 aromatic carbocycles. The van der Waals surface area contributed by atoms with Gasteiger partial charge in [0.1, 0.15) is 11.5 Å². The van der Waals surface area contributed by atoms with Crippen LogP contribution in [0.4, 0.5) is 0 Å². The minimum atomic E-state index is 0.736. The number of hydrogen-bond donors (Lipinski definition) is 0. The highest BCUT2D eigenvalue weighted by Gasteiger charge is 2.49. The van der Waals surface area contributed by atoms with Gasteiger partial charge in [-0.25, -0.2) is 0 Å². The van der Waals surface area contributed by atoms with E-state index in [4.69, 9.17) is 9.47 Å². The molecule has 0 N–H and O–H groups in total. The molecule has 5 rings (SSSR count). The summed E-state index contributed by atoms with van der Waals surface area (Å²) < 4.78 is 13.6. The molecule has 1 aromatic rings. The van der Waals surface area contributed by atoms with Gasteiger partial charge in [-0.3, -0.25) is 0 Å². The summed E-state index contributed by atoms with van der Waals surface area (Å²) in [5.41, 5.74) is 6.47. The van der Waals surface area contributed by atoms with Crippen LogP contribution in [0.1, 0.15) is 175 Å². The standard InChI is InChI=1S/C32H50O2/c1-3-5-7-9-11-13-19-33-31-27-23-15-17-25(21-23)29(27)32(34-20-14-12-10-8-6-4-2)30-26-18-16-24(22-26)28(30)31/h23-26H,3-22H2,1-2H3/t23-,24+,25+,26-/i33+2,34+2. The van der Waals surface area contributed by atoms with E-state index in [1.807, 2.05) is 0 Å². The van der Waals surface area contributed by atoms with Crippen LogP contribution in [0.15, 0.2) is 0 Å². The summed E-state index contributed by atoms with van der Waals surface area (Å²) in [5.74, 6) is 5.68. The van der Waals surface area contributed by atoms with Gasteiger partial charge in [-0.05, 0) is 75.0 Å². The molecular formula is C32H50O2. The molecule has 4 aliphatic carbocycles. The fraction of sp³-hybridized carbons (Fsp3) is 0.812. The van der Waals surface area contributed by atoms with Crippen molar-refractivity contribution in [1.29, 1.82) is 0 Å². The molecule has 2 fully saturated rings. The minimum absolute atomic E-state index is 0.736. The van der Waals surface area contributed by atoms with Gasteiger partial charge in [0, 0.05) is 22.3 Å². The summed E-state index contributed by atoms with van der Waals surface area (Å²) in [6.07, 6.45) is 24.2. The maximum absolute atomic E-state index is 6.78. The fourth-order valence-corrected chi connectivity index (χ4v) is 7.84. The van der Waals surface area contributed by atoms with E-state index in [0.717, 1.165) is 36.9 Å². The van der Waals surface area contributed by atoms with Crippen LogP contribution in [0.3, 0.4) is 0 Å². The van der Waals surface area contributed by atoms with Crippen LogP contribution in [0, 0.1) is 0 Å². The van der Waals surface area contributed by atoms with Crippen molar-refractivity contribution in [1.82, 2.24) is 0 Å². The fourth-order valence-electron chi connectivity index (χ4n) is 7.84. The lowest BCUT2D eigenvalue weighted by Gasteiger charge is -2.30. The van der Waals surface area contributed by atoms with Gasteiger partial charge in [0.2, 0.25) is 0 Å². The third-order valence-electron chi connectivity index (χ3n) is 9.55. The van der Waals surface area contributed by atoms with Crippen LogP contribution in [0.5, 0.6) is 11.5 Å². The molecule has 0 aliphatic heterocycles. The van der Waals surface area contributed by atoms with Crippen molar-refractivity contribution in [3.8, 4) is 11.5 Å². The van der Waals surface area contributed by atoms with Gasteiger partial charge in [0.25, 0.3) is 0 Å². The predicted molar refractivity (Wildman–Crippen MR) is 143 cm³/mol. The van der Waals surface area contributed by atoms with Crippen molar-refractivity contribution < 1.29 is 9.47 Å². The Morgan fingerprint density at radius 3 is 1.15 bits per heavy atom. The Morgan fingerprint density at radius 1 is 0.471 bits per heavy atom. The summed E-state index contributed by atoms with van der Waals surface area (Å²) in [5, 5.41) is 0. The first-order valence-corrected chi connectivity index (χ1v) is 15.3. The average molecular weight is 471 g/mol. The molecule has 4 bridgehead atoms. The van der Waals surface area contributed by atoms with E-state index in [0.29, 0.717) is 0 Å². The van der Waals surface area contributed by atoms with E-state index in [1.165, 1.54) is 127 Å². The highest BCUT2D eigenvalue weighted by molar-refractivity contribution is 5.68. The Kier molecular flexibility index (Phi) is 8.44. The van der Waals surface area contributed by atoms with E-state index in [1.54, 1.807) is 22.3 Å². The van der Waals surface area contributed by atoms with E-state index < -0.39 is 0 Å². The van der Waals surface area contributed by atoms with Gasteiger partial charge in [-0.2, -0.15) is 0 Å². The maximum atomic E-state index is 6.78. The van der Waals surface area contributed by atoms with E-state index in [9.17, 15) is 0 Å². The molecule has 4 atom stereocenters. The number of rotatable bonds is 16. The Hall–Kier alpha value is -1.18. The molecule has 0 heterocycles. The molecule has 190 valence electrons. The summed E-state index contributed by atoms with van der Waals surface area (Å²) in [7, 11) is 0. The normalized spacial score (nSPS) is 25.7. The van der Waals surface area contributed by atoms with Crippen molar-refractivity contribution in [2.24, 2.45) is 0 Å². The first-order valence-electron chi connectivity index (χ1n) is 15.3. The predicted octanol–water partition coefficient (Wildman–Crippen LogP) is 9.89. The lowest BCUT2D eigenvalue weighted by Crippen LogP contribution is -2.14. The van der Waals surface area contributed by atoms with Crippen LogP contribution < -0.4 is 9.47 Å². The Balaban J connectivity index is 1.32. The summed E-state index contributed by atoms with van der Waals surface area (Å²) in [4.78, 5) is 0. The lowest BCUT2D eigenvalue weighted by molar-refractivity contribution is 0.283. The van der Waals surface area contributed by atoms with Crippen molar-refractivity contribution in [3.05, 3.63) is 22.3 Å². The number of unbranched alkanes of at least 4 members (excludes halogenated alkanes) is 10. The maximum Gasteiger partial charge on any atom is 0.127 e. The molecule has 0 amide bonds. The molecular weight excluding hydrogens is 420 g/mol. The van der Waals surface area contributed by atoms with Crippen LogP contribution >= 0.6 is 0 Å². The molecule has 0 spiro atoms. The lowest BCUT2D eigenvalue weighted by atomic mass is 9.82. The van der Waals surface area contributed by atoms with Gasteiger partial charge in [-0.1, -0.05) is 78.1 Å². The molecule has 0 unspecified atom stereocenters. The SMILES string of the molecule is CCCCCCCC[18O]c1c2c(c([18O]CCCCCCCC)c3c1[C@H]1CC[C@@H]3C1)[C@H]1CC[C@@H]2C1. The van der Waals surface area contributed by atoms with Gasteiger partial charge < -0.3 is 9.47 Å². The van der Waals surface area contributed by atoms with E-state index >= 15 is 0 Å². The second-order valence-corrected chi connectivity index (χ2v) is 12.0. The third-order valence-corrected chi connectivity index (χ3v) is 9.55. The van der Waals surface area contributed by atoms with Crippen LogP contribution in [-0.4, -0.2) is 13.2 Å². The molecule has 0 aromatic heterocycles. The zero-order valence-electron chi connectivity index (χ0n) is 22.3. The van der Waals surface area contributed by atoms with Crippen LogP contribution in [0.25, 0.3) is 0 Å². The number of hydrogen-bond acceptors (Lipinski definition) is 2. The van der Waals surface area contributed by atoms with Crippen molar-refractivity contribution in [3.63, 3.8) is 0 Å². The second kappa shape index (κ2) is 11.7. The topological polar surface area (TPSA) is 18.5 Å².